The van der Waals surface area contributed by atoms with Crippen LogP contribution in [0.15, 0.2) is 18.2 Å². The maximum Gasteiger partial charge on any atom is 0.317 e. The first-order valence-electron chi connectivity index (χ1n) is 8.46. The fourth-order valence-electron chi connectivity index (χ4n) is 3.44. The van der Waals surface area contributed by atoms with Crippen molar-refractivity contribution in [1.82, 2.24) is 10.2 Å². The van der Waals surface area contributed by atoms with Gasteiger partial charge in [-0.25, -0.2) is 4.79 Å². The predicted octanol–water partition coefficient (Wildman–Crippen LogP) is 1.37. The van der Waals surface area contributed by atoms with Crippen molar-refractivity contribution in [3.05, 3.63) is 18.2 Å². The van der Waals surface area contributed by atoms with E-state index in [0.29, 0.717) is 37.7 Å². The molecule has 0 unspecified atom stereocenters. The Kier molecular flexibility index (Phi) is 3.92. The third kappa shape index (κ3) is 2.86. The second-order valence-electron chi connectivity index (χ2n) is 6.38. The summed E-state index contributed by atoms with van der Waals surface area (Å²) in [7, 11) is 0. The van der Waals surface area contributed by atoms with E-state index in [2.05, 4.69) is 5.32 Å². The van der Waals surface area contributed by atoms with E-state index in [1.807, 2.05) is 23.1 Å². The lowest BCUT2D eigenvalue weighted by Gasteiger charge is -2.23. The van der Waals surface area contributed by atoms with Crippen LogP contribution in [0, 0.1) is 0 Å². The third-order valence-electron chi connectivity index (χ3n) is 4.68. The number of likely N-dealkylation sites (tertiary alicyclic amines) is 1. The summed E-state index contributed by atoms with van der Waals surface area (Å²) in [4.78, 5) is 28.1. The van der Waals surface area contributed by atoms with Crippen LogP contribution in [0.25, 0.3) is 0 Å². The molecule has 7 heteroatoms. The molecular weight excluding hydrogens is 310 g/mol. The Bertz CT molecular complexity index is 657. The Labute approximate surface area is 140 Å². The molecule has 128 valence electrons. The van der Waals surface area contributed by atoms with Crippen LogP contribution in [0.3, 0.4) is 0 Å². The molecule has 7 nitrogen and oxygen atoms in total. The van der Waals surface area contributed by atoms with Gasteiger partial charge in [-0.15, -0.1) is 0 Å². The van der Waals surface area contributed by atoms with Gasteiger partial charge in [-0.2, -0.15) is 0 Å². The van der Waals surface area contributed by atoms with Gasteiger partial charge < -0.3 is 24.6 Å². The molecular formula is C17H21N3O4. The second-order valence-corrected chi connectivity index (χ2v) is 6.38. The number of carbonyl (C=O) groups excluding carboxylic acids is 2. The van der Waals surface area contributed by atoms with Crippen molar-refractivity contribution in [2.24, 2.45) is 0 Å². The van der Waals surface area contributed by atoms with Crippen molar-refractivity contribution >= 4 is 17.6 Å². The minimum atomic E-state index is -0.154. The van der Waals surface area contributed by atoms with Gasteiger partial charge in [0, 0.05) is 37.8 Å². The van der Waals surface area contributed by atoms with Gasteiger partial charge in [0.15, 0.2) is 11.5 Å². The minimum Gasteiger partial charge on any atom is -0.486 e. The molecule has 3 aliphatic rings. The van der Waals surface area contributed by atoms with Crippen molar-refractivity contribution < 1.29 is 19.1 Å². The molecule has 1 aromatic carbocycles. The first-order chi connectivity index (χ1) is 11.7. The molecule has 0 spiro atoms. The van der Waals surface area contributed by atoms with E-state index in [0.717, 1.165) is 31.6 Å². The van der Waals surface area contributed by atoms with E-state index in [-0.39, 0.29) is 18.0 Å². The van der Waals surface area contributed by atoms with Gasteiger partial charge in [-0.05, 0) is 25.0 Å². The number of nitrogens with one attached hydrogen (secondary N) is 1. The molecule has 3 heterocycles. The number of anilines is 1. The number of rotatable bonds is 2. The van der Waals surface area contributed by atoms with E-state index < -0.39 is 0 Å². The first kappa shape index (κ1) is 15.1. The largest absolute Gasteiger partial charge is 0.486 e. The monoisotopic (exact) mass is 331 g/mol. The van der Waals surface area contributed by atoms with Crippen LogP contribution < -0.4 is 19.7 Å². The summed E-state index contributed by atoms with van der Waals surface area (Å²) in [6, 6.07) is 5.30. The highest BCUT2D eigenvalue weighted by molar-refractivity contribution is 5.97. The fraction of sp³-hybridized carbons (Fsp3) is 0.529. The molecule has 0 bridgehead atoms. The molecule has 0 aliphatic carbocycles. The lowest BCUT2D eigenvalue weighted by Crippen LogP contribution is -2.44. The Hall–Kier alpha value is -2.44. The normalized spacial score (nSPS) is 22.8. The van der Waals surface area contributed by atoms with E-state index >= 15 is 0 Å². The number of benzene rings is 1. The number of hydrogen-bond donors (Lipinski definition) is 1. The number of amides is 3. The Morgan fingerprint density at radius 2 is 1.88 bits per heavy atom. The molecule has 1 N–H and O–H groups in total. The third-order valence-corrected chi connectivity index (χ3v) is 4.68. The predicted molar refractivity (Wildman–Crippen MR) is 87.5 cm³/mol. The maximum absolute atomic E-state index is 12.3. The smallest absolute Gasteiger partial charge is 0.317 e. The molecule has 2 saturated heterocycles. The molecule has 0 saturated carbocycles. The van der Waals surface area contributed by atoms with E-state index in [9.17, 15) is 9.59 Å². The summed E-state index contributed by atoms with van der Waals surface area (Å²) in [5.74, 6) is 1.38. The topological polar surface area (TPSA) is 71.1 Å². The molecule has 1 atom stereocenters. The number of nitrogens with zero attached hydrogens (tertiary/aromatic N) is 2. The fourth-order valence-corrected chi connectivity index (χ4v) is 3.44. The zero-order valence-electron chi connectivity index (χ0n) is 13.5. The highest BCUT2D eigenvalue weighted by atomic mass is 16.6. The van der Waals surface area contributed by atoms with Crippen molar-refractivity contribution in [2.45, 2.75) is 25.3 Å². The van der Waals surface area contributed by atoms with Gasteiger partial charge in [-0.3, -0.25) is 4.79 Å². The average Bonchev–Trinajstić information content (AvgIpc) is 3.24. The lowest BCUT2D eigenvalue weighted by molar-refractivity contribution is -0.117. The molecule has 2 fully saturated rings. The van der Waals surface area contributed by atoms with Crippen LogP contribution in [0.4, 0.5) is 10.5 Å². The van der Waals surface area contributed by atoms with Crippen molar-refractivity contribution in [1.29, 1.82) is 0 Å². The summed E-state index contributed by atoms with van der Waals surface area (Å²) in [6.07, 6.45) is 2.44. The standard InChI is InChI=1S/C17H21N3O4/c21-16-9-12(18-17(22)19-5-1-2-6-19)11-20(16)13-3-4-14-15(10-13)24-8-7-23-14/h3-4,10,12H,1-2,5-9,11H2,(H,18,22)/t12-/m1/s1. The van der Waals surface area contributed by atoms with Crippen LogP contribution >= 0.6 is 0 Å². The van der Waals surface area contributed by atoms with Crippen molar-refractivity contribution in [3.8, 4) is 11.5 Å². The quantitative estimate of drug-likeness (QED) is 0.888. The van der Waals surface area contributed by atoms with E-state index in [1.165, 1.54) is 0 Å². The van der Waals surface area contributed by atoms with Crippen LogP contribution in [0.5, 0.6) is 11.5 Å². The molecule has 4 rings (SSSR count). The van der Waals surface area contributed by atoms with Gasteiger partial charge in [-0.1, -0.05) is 0 Å². The van der Waals surface area contributed by atoms with Crippen molar-refractivity contribution in [3.63, 3.8) is 0 Å². The molecule has 0 radical (unpaired) electrons. The number of urea groups is 1. The van der Waals surface area contributed by atoms with Crippen LogP contribution in [0.1, 0.15) is 19.3 Å². The Morgan fingerprint density at radius 3 is 2.67 bits per heavy atom. The zero-order valence-corrected chi connectivity index (χ0v) is 13.5. The molecule has 24 heavy (non-hydrogen) atoms. The molecule has 1 aromatic rings. The SMILES string of the molecule is O=C(N[C@@H]1CC(=O)N(c2ccc3c(c2)OCCO3)C1)N1CCCC1. The summed E-state index contributed by atoms with van der Waals surface area (Å²) < 4.78 is 11.1. The molecule has 3 aliphatic heterocycles. The van der Waals surface area contributed by atoms with Crippen molar-refractivity contribution in [2.75, 3.05) is 37.7 Å². The maximum atomic E-state index is 12.3. The summed E-state index contributed by atoms with van der Waals surface area (Å²) in [5, 5.41) is 2.98. The summed E-state index contributed by atoms with van der Waals surface area (Å²) >= 11 is 0. The minimum absolute atomic E-state index is 0.0124. The Morgan fingerprint density at radius 1 is 1.12 bits per heavy atom. The molecule has 0 aromatic heterocycles. The summed E-state index contributed by atoms with van der Waals surface area (Å²) in [6.45, 7) is 3.15. The van der Waals surface area contributed by atoms with E-state index in [1.54, 1.807) is 4.90 Å². The summed E-state index contributed by atoms with van der Waals surface area (Å²) in [5.41, 5.74) is 0.780. The second kappa shape index (κ2) is 6.22. The Balaban J connectivity index is 1.43. The highest BCUT2D eigenvalue weighted by Crippen LogP contribution is 2.35. The number of fused-ring (bicyclic) bond motifs is 1. The van der Waals surface area contributed by atoms with E-state index in [4.69, 9.17) is 9.47 Å². The van der Waals surface area contributed by atoms with Gasteiger partial charge in [0.1, 0.15) is 13.2 Å². The van der Waals surface area contributed by atoms with Crippen LogP contribution in [-0.2, 0) is 4.79 Å². The van der Waals surface area contributed by atoms with Gasteiger partial charge >= 0.3 is 6.03 Å². The number of ether oxygens (including phenoxy) is 2. The molecule has 3 amide bonds. The lowest BCUT2D eigenvalue weighted by atomic mass is 10.2. The van der Waals surface area contributed by atoms with Crippen LogP contribution in [-0.4, -0.2) is 55.7 Å². The van der Waals surface area contributed by atoms with Gasteiger partial charge in [0.25, 0.3) is 0 Å². The van der Waals surface area contributed by atoms with Gasteiger partial charge in [0.2, 0.25) is 5.91 Å². The van der Waals surface area contributed by atoms with Crippen LogP contribution in [0.2, 0.25) is 0 Å². The average molecular weight is 331 g/mol. The van der Waals surface area contributed by atoms with Gasteiger partial charge in [0.05, 0.1) is 6.04 Å². The first-order valence-corrected chi connectivity index (χ1v) is 8.46. The number of carbonyl (C=O) groups is 2. The number of hydrogen-bond acceptors (Lipinski definition) is 4. The highest BCUT2D eigenvalue weighted by Gasteiger charge is 2.33. The zero-order chi connectivity index (χ0) is 16.5.